The van der Waals surface area contributed by atoms with Crippen molar-refractivity contribution in [2.45, 2.75) is 35.9 Å². The summed E-state index contributed by atoms with van der Waals surface area (Å²) in [6.07, 6.45) is 2.84. The maximum Gasteiger partial charge on any atom is 0.338 e. The Hall–Kier alpha value is -3.15. The van der Waals surface area contributed by atoms with Crippen LogP contribution >= 0.6 is 23.2 Å². The van der Waals surface area contributed by atoms with E-state index in [9.17, 15) is 14.4 Å². The lowest BCUT2D eigenvalue weighted by molar-refractivity contribution is -0.122. The number of hydrogen-bond acceptors (Lipinski definition) is 4. The first-order valence-corrected chi connectivity index (χ1v) is 13.3. The number of rotatable bonds is 6. The monoisotopic (exact) mass is 533 g/mol. The largest absolute Gasteiger partial charge is 0.462 e. The van der Waals surface area contributed by atoms with Gasteiger partial charge in [0.1, 0.15) is 9.75 Å². The fraction of sp³-hybridized carbons (Fsp3) is 0.300. The van der Waals surface area contributed by atoms with Crippen LogP contribution in [0.3, 0.4) is 0 Å². The average molecular weight is 534 g/mol. The summed E-state index contributed by atoms with van der Waals surface area (Å²) in [5.41, 5.74) is 3.78. The van der Waals surface area contributed by atoms with Gasteiger partial charge in [0, 0.05) is 0 Å². The molecule has 7 heteroatoms. The molecule has 1 heterocycles. The van der Waals surface area contributed by atoms with Crippen molar-refractivity contribution in [1.82, 2.24) is 0 Å². The van der Waals surface area contributed by atoms with Crippen molar-refractivity contribution in [3.8, 4) is 0 Å². The number of benzene rings is 3. The minimum absolute atomic E-state index is 0.359. The molecule has 188 valence electrons. The van der Waals surface area contributed by atoms with Crippen molar-refractivity contribution < 1.29 is 19.1 Å². The van der Waals surface area contributed by atoms with Gasteiger partial charge in [-0.1, -0.05) is 68.3 Å². The van der Waals surface area contributed by atoms with Crippen LogP contribution in [0.4, 0.5) is 5.69 Å². The van der Waals surface area contributed by atoms with Crippen molar-refractivity contribution in [2.24, 2.45) is 11.8 Å². The van der Waals surface area contributed by atoms with E-state index in [0.717, 1.165) is 41.5 Å². The van der Waals surface area contributed by atoms with E-state index in [1.807, 2.05) is 48.5 Å². The maximum atomic E-state index is 14.0. The summed E-state index contributed by atoms with van der Waals surface area (Å²) < 4.78 is 5.33. The van der Waals surface area contributed by atoms with Gasteiger partial charge in [0.2, 0.25) is 11.8 Å². The minimum atomic E-state index is -1.22. The van der Waals surface area contributed by atoms with Gasteiger partial charge in [-0.05, 0) is 52.9 Å². The van der Waals surface area contributed by atoms with Gasteiger partial charge in [-0.3, -0.25) is 9.59 Å². The molecule has 0 radical (unpaired) electrons. The van der Waals surface area contributed by atoms with Crippen LogP contribution in [0.25, 0.3) is 0 Å². The summed E-state index contributed by atoms with van der Waals surface area (Å²) >= 11 is 14.9. The summed E-state index contributed by atoms with van der Waals surface area (Å²) in [6.45, 7) is 2.44. The highest BCUT2D eigenvalue weighted by molar-refractivity contribution is 6.38. The number of hydrogen-bond donors (Lipinski definition) is 0. The predicted octanol–water partition coefficient (Wildman–Crippen LogP) is 6.13. The molecule has 2 amide bonds. The van der Waals surface area contributed by atoms with E-state index >= 15 is 0 Å². The van der Waals surface area contributed by atoms with Gasteiger partial charge in [-0.2, -0.15) is 0 Å². The van der Waals surface area contributed by atoms with Crippen LogP contribution in [-0.2, 0) is 24.1 Å². The molecular formula is C30H25Cl2NO4. The molecule has 1 fully saturated rings. The van der Waals surface area contributed by atoms with E-state index in [2.05, 4.69) is 6.92 Å². The second-order valence-electron chi connectivity index (χ2n) is 9.87. The second kappa shape index (κ2) is 8.71. The number of halogens is 2. The van der Waals surface area contributed by atoms with Crippen LogP contribution in [0.1, 0.15) is 58.8 Å². The number of carbonyl (C=O) groups excluding carboxylic acids is 3. The highest BCUT2D eigenvalue weighted by atomic mass is 35.5. The summed E-state index contributed by atoms with van der Waals surface area (Å²) in [5, 5.41) is 0. The fourth-order valence-corrected chi connectivity index (χ4v) is 7.37. The molecule has 0 spiro atoms. The third-order valence-electron chi connectivity index (χ3n) is 7.93. The van der Waals surface area contributed by atoms with Crippen LogP contribution < -0.4 is 4.90 Å². The summed E-state index contributed by atoms with van der Waals surface area (Å²) in [4.78, 5) is 39.1. The zero-order chi connectivity index (χ0) is 25.9. The molecule has 3 aromatic rings. The highest BCUT2D eigenvalue weighted by Crippen LogP contribution is 2.69. The van der Waals surface area contributed by atoms with Crippen molar-refractivity contribution in [3.05, 3.63) is 101 Å². The molecule has 4 aliphatic rings. The number of carbonyl (C=O) groups is 3. The van der Waals surface area contributed by atoms with Gasteiger partial charge in [-0.25, -0.2) is 9.69 Å². The van der Waals surface area contributed by atoms with Crippen LogP contribution in [0.15, 0.2) is 72.8 Å². The maximum absolute atomic E-state index is 14.0. The van der Waals surface area contributed by atoms with Crippen molar-refractivity contribution in [2.75, 3.05) is 11.5 Å². The first-order chi connectivity index (χ1) is 17.8. The van der Waals surface area contributed by atoms with Crippen molar-refractivity contribution >= 4 is 46.7 Å². The quantitative estimate of drug-likeness (QED) is 0.165. The number of nitrogens with zero attached hydrogens (tertiary/aromatic N) is 1. The molecule has 0 saturated carbocycles. The molecule has 1 saturated heterocycles. The second-order valence-corrected chi connectivity index (χ2v) is 11.1. The zero-order valence-electron chi connectivity index (χ0n) is 20.2. The highest BCUT2D eigenvalue weighted by Gasteiger charge is 2.73. The summed E-state index contributed by atoms with van der Waals surface area (Å²) in [6, 6.07) is 21.4. The van der Waals surface area contributed by atoms with Crippen LogP contribution in [0.2, 0.25) is 0 Å². The van der Waals surface area contributed by atoms with Gasteiger partial charge >= 0.3 is 5.97 Å². The SMILES string of the molecule is CCCCCOC(=O)c1ccc(N2C(=O)[C@@H]3[C@@H](C2=O)C2(Cl)c4ccccc4C3(Cl)c3ccccc32)cc1. The molecule has 3 aliphatic carbocycles. The predicted molar refractivity (Wildman–Crippen MR) is 142 cm³/mol. The molecule has 3 aromatic carbocycles. The first-order valence-electron chi connectivity index (χ1n) is 12.6. The Labute approximate surface area is 225 Å². The van der Waals surface area contributed by atoms with E-state index in [4.69, 9.17) is 27.9 Å². The fourth-order valence-electron chi connectivity index (χ4n) is 6.27. The third-order valence-corrected chi connectivity index (χ3v) is 9.21. The molecule has 1 aliphatic heterocycles. The molecule has 2 atom stereocenters. The molecule has 0 aromatic heterocycles. The molecular weight excluding hydrogens is 509 g/mol. The molecule has 37 heavy (non-hydrogen) atoms. The Balaban J connectivity index is 1.39. The van der Waals surface area contributed by atoms with Gasteiger partial charge in [0.15, 0.2) is 0 Å². The molecule has 2 bridgehead atoms. The minimum Gasteiger partial charge on any atom is -0.462 e. The van der Waals surface area contributed by atoms with Gasteiger partial charge < -0.3 is 4.74 Å². The Morgan fingerprint density at radius 2 is 1.24 bits per heavy atom. The lowest BCUT2D eigenvalue weighted by Gasteiger charge is -2.54. The summed E-state index contributed by atoms with van der Waals surface area (Å²) in [7, 11) is 0. The topological polar surface area (TPSA) is 63.7 Å². The van der Waals surface area contributed by atoms with Gasteiger partial charge in [-0.15, -0.1) is 23.2 Å². The van der Waals surface area contributed by atoms with Gasteiger partial charge in [0.05, 0.1) is 29.7 Å². The van der Waals surface area contributed by atoms with Crippen LogP contribution in [0, 0.1) is 11.8 Å². The lowest BCUT2D eigenvalue weighted by Crippen LogP contribution is -2.57. The third kappa shape index (κ3) is 3.20. The van der Waals surface area contributed by atoms with E-state index in [-0.39, 0.29) is 0 Å². The summed E-state index contributed by atoms with van der Waals surface area (Å²) in [5.74, 6) is -2.96. The molecule has 5 nitrogen and oxygen atoms in total. The van der Waals surface area contributed by atoms with Gasteiger partial charge in [0.25, 0.3) is 0 Å². The number of unbranched alkanes of at least 4 members (excludes halogenated alkanes) is 2. The lowest BCUT2D eigenvalue weighted by atomic mass is 9.54. The molecule has 0 N–H and O–H groups in total. The smallest absolute Gasteiger partial charge is 0.338 e. The number of amides is 2. The molecule has 7 rings (SSSR count). The van der Waals surface area contributed by atoms with Crippen LogP contribution in [0.5, 0.6) is 0 Å². The Bertz CT molecular complexity index is 1310. The Kier molecular flexibility index (Phi) is 5.70. The number of esters is 1. The van der Waals surface area contributed by atoms with Crippen molar-refractivity contribution in [3.63, 3.8) is 0 Å². The number of imide groups is 1. The molecule has 0 unspecified atom stereocenters. The van der Waals surface area contributed by atoms with Crippen molar-refractivity contribution in [1.29, 1.82) is 0 Å². The number of alkyl halides is 2. The van der Waals surface area contributed by atoms with E-state index < -0.39 is 39.4 Å². The normalized spacial score (nSPS) is 27.1. The van der Waals surface area contributed by atoms with Crippen LogP contribution in [-0.4, -0.2) is 24.4 Å². The standard InChI is InChI=1S/C30H25Cl2NO4/c1-2-3-8-17-37-28(36)18-13-15-19(16-14-18)33-26(34)24-25(27(33)35)30(32)21-10-5-4-9-20(21)29(24,31)22-11-6-7-12-23(22)30/h4-7,9-16,24-25H,2-3,8,17H2,1H3/t24-,25-,29?,30?/m0/s1. The Morgan fingerprint density at radius 1 is 0.784 bits per heavy atom. The number of anilines is 1. The van der Waals surface area contributed by atoms with E-state index in [0.29, 0.717) is 17.9 Å². The number of ether oxygens (including phenoxy) is 1. The van der Waals surface area contributed by atoms with E-state index in [1.165, 1.54) is 4.90 Å². The Morgan fingerprint density at radius 3 is 1.68 bits per heavy atom. The first kappa shape index (κ1) is 24.2. The van der Waals surface area contributed by atoms with E-state index in [1.54, 1.807) is 24.3 Å². The average Bonchev–Trinajstić information content (AvgIpc) is 3.20. The zero-order valence-corrected chi connectivity index (χ0v) is 21.8.